The maximum atomic E-state index is 10.3. The molecule has 1 aromatic rings. The topological polar surface area (TPSA) is 50.4 Å². The molecule has 3 nitrogen and oxygen atoms in total. The predicted octanol–water partition coefficient (Wildman–Crippen LogP) is 2.16. The standard InChI is InChI=1S/C9H10O3/c1-7(6-9(10)11)5-8-3-2-4-12-8/h2-5H,6H2,1H3,(H,10,11)/b7-5+. The minimum absolute atomic E-state index is 0.0562. The highest BCUT2D eigenvalue weighted by Gasteiger charge is 1.98. The minimum Gasteiger partial charge on any atom is -0.481 e. The molecule has 1 heterocycles. The van der Waals surface area contributed by atoms with E-state index in [0.717, 1.165) is 5.57 Å². The van der Waals surface area contributed by atoms with Crippen molar-refractivity contribution in [3.05, 3.63) is 29.7 Å². The van der Waals surface area contributed by atoms with Crippen molar-refractivity contribution in [2.24, 2.45) is 0 Å². The van der Waals surface area contributed by atoms with Crippen molar-refractivity contribution in [3.63, 3.8) is 0 Å². The molecular weight excluding hydrogens is 156 g/mol. The van der Waals surface area contributed by atoms with Crippen molar-refractivity contribution < 1.29 is 14.3 Å². The van der Waals surface area contributed by atoms with E-state index < -0.39 is 5.97 Å². The highest BCUT2D eigenvalue weighted by Crippen LogP contribution is 2.09. The highest BCUT2D eigenvalue weighted by atomic mass is 16.4. The van der Waals surface area contributed by atoms with Crippen LogP contribution < -0.4 is 0 Å². The van der Waals surface area contributed by atoms with Crippen LogP contribution in [0.2, 0.25) is 0 Å². The number of rotatable bonds is 3. The van der Waals surface area contributed by atoms with Crippen LogP contribution in [0.15, 0.2) is 28.4 Å². The lowest BCUT2D eigenvalue weighted by Crippen LogP contribution is -1.94. The average Bonchev–Trinajstić information content (AvgIpc) is 2.37. The summed E-state index contributed by atoms with van der Waals surface area (Å²) in [7, 11) is 0. The van der Waals surface area contributed by atoms with Gasteiger partial charge < -0.3 is 9.52 Å². The van der Waals surface area contributed by atoms with Gasteiger partial charge >= 0.3 is 5.97 Å². The summed E-state index contributed by atoms with van der Waals surface area (Å²) in [5.41, 5.74) is 0.775. The molecule has 0 saturated heterocycles. The summed E-state index contributed by atoms with van der Waals surface area (Å²) in [6.45, 7) is 1.76. The lowest BCUT2D eigenvalue weighted by atomic mass is 10.2. The fraction of sp³-hybridized carbons (Fsp3) is 0.222. The summed E-state index contributed by atoms with van der Waals surface area (Å²) in [4.78, 5) is 10.3. The molecule has 64 valence electrons. The molecule has 0 unspecified atom stereocenters. The van der Waals surface area contributed by atoms with Crippen molar-refractivity contribution >= 4 is 12.0 Å². The molecule has 1 rings (SSSR count). The number of carboxylic acids is 1. The van der Waals surface area contributed by atoms with Crippen LogP contribution in [-0.4, -0.2) is 11.1 Å². The van der Waals surface area contributed by atoms with Crippen LogP contribution in [0.4, 0.5) is 0 Å². The second kappa shape index (κ2) is 3.76. The number of furan rings is 1. The Hall–Kier alpha value is -1.51. The summed E-state index contributed by atoms with van der Waals surface area (Å²) in [6.07, 6.45) is 3.33. The third-order valence-electron chi connectivity index (χ3n) is 1.36. The van der Waals surface area contributed by atoms with Crippen LogP contribution >= 0.6 is 0 Å². The van der Waals surface area contributed by atoms with Crippen LogP contribution in [-0.2, 0) is 4.79 Å². The van der Waals surface area contributed by atoms with Gasteiger partial charge in [0, 0.05) is 0 Å². The van der Waals surface area contributed by atoms with E-state index in [1.54, 1.807) is 31.4 Å². The molecule has 3 heteroatoms. The normalized spacial score (nSPS) is 11.6. The number of carbonyl (C=O) groups is 1. The molecule has 0 amide bonds. The van der Waals surface area contributed by atoms with E-state index in [4.69, 9.17) is 9.52 Å². The first-order valence-electron chi connectivity index (χ1n) is 3.61. The fourth-order valence-electron chi connectivity index (χ4n) is 0.906. The predicted molar refractivity (Wildman–Crippen MR) is 44.6 cm³/mol. The quantitative estimate of drug-likeness (QED) is 0.748. The lowest BCUT2D eigenvalue weighted by Gasteiger charge is -1.93. The summed E-state index contributed by atoms with van der Waals surface area (Å²) in [6, 6.07) is 3.55. The maximum Gasteiger partial charge on any atom is 0.307 e. The molecule has 0 radical (unpaired) electrons. The largest absolute Gasteiger partial charge is 0.481 e. The molecule has 0 aliphatic heterocycles. The van der Waals surface area contributed by atoms with Gasteiger partial charge in [-0.05, 0) is 25.1 Å². The number of hydrogen-bond acceptors (Lipinski definition) is 2. The molecule has 0 fully saturated rings. The molecular formula is C9H10O3. The summed E-state index contributed by atoms with van der Waals surface area (Å²) >= 11 is 0. The number of hydrogen-bond donors (Lipinski definition) is 1. The first-order valence-corrected chi connectivity index (χ1v) is 3.61. The Kier molecular flexibility index (Phi) is 2.69. The third kappa shape index (κ3) is 2.62. The summed E-state index contributed by atoms with van der Waals surface area (Å²) in [5.74, 6) is -0.135. The zero-order valence-electron chi connectivity index (χ0n) is 6.78. The lowest BCUT2D eigenvalue weighted by molar-refractivity contribution is -0.136. The van der Waals surface area contributed by atoms with Gasteiger partial charge in [0.05, 0.1) is 12.7 Å². The molecule has 1 N–H and O–H groups in total. The smallest absolute Gasteiger partial charge is 0.307 e. The molecule has 0 aliphatic rings. The van der Waals surface area contributed by atoms with Gasteiger partial charge in [0.25, 0.3) is 0 Å². The number of carboxylic acid groups (broad SMARTS) is 1. The van der Waals surface area contributed by atoms with Gasteiger partial charge in [0.2, 0.25) is 0 Å². The number of aliphatic carboxylic acids is 1. The molecule has 0 atom stereocenters. The van der Waals surface area contributed by atoms with Crippen molar-refractivity contribution in [2.45, 2.75) is 13.3 Å². The maximum absolute atomic E-state index is 10.3. The monoisotopic (exact) mass is 166 g/mol. The Morgan fingerprint density at radius 1 is 1.75 bits per heavy atom. The first kappa shape index (κ1) is 8.59. The first-order chi connectivity index (χ1) is 5.68. The summed E-state index contributed by atoms with van der Waals surface area (Å²) in [5, 5.41) is 8.44. The molecule has 12 heavy (non-hydrogen) atoms. The molecule has 1 aromatic heterocycles. The molecule has 0 bridgehead atoms. The fourth-order valence-corrected chi connectivity index (χ4v) is 0.906. The molecule has 0 saturated carbocycles. The summed E-state index contributed by atoms with van der Waals surface area (Å²) < 4.78 is 5.02. The van der Waals surface area contributed by atoms with Crippen molar-refractivity contribution in [1.29, 1.82) is 0 Å². The molecule has 0 aromatic carbocycles. The van der Waals surface area contributed by atoms with E-state index in [1.807, 2.05) is 0 Å². The van der Waals surface area contributed by atoms with E-state index in [9.17, 15) is 4.79 Å². The average molecular weight is 166 g/mol. The Morgan fingerprint density at radius 3 is 3.00 bits per heavy atom. The van der Waals surface area contributed by atoms with Crippen molar-refractivity contribution in [1.82, 2.24) is 0 Å². The van der Waals surface area contributed by atoms with Crippen molar-refractivity contribution in [2.75, 3.05) is 0 Å². The van der Waals surface area contributed by atoms with Gasteiger partial charge in [0.15, 0.2) is 0 Å². The van der Waals surface area contributed by atoms with Gasteiger partial charge in [-0.2, -0.15) is 0 Å². The zero-order valence-corrected chi connectivity index (χ0v) is 6.78. The Balaban J connectivity index is 2.63. The van der Waals surface area contributed by atoms with Gasteiger partial charge in [-0.15, -0.1) is 0 Å². The van der Waals surface area contributed by atoms with E-state index in [2.05, 4.69) is 0 Å². The zero-order chi connectivity index (χ0) is 8.97. The van der Waals surface area contributed by atoms with Crippen LogP contribution in [0.1, 0.15) is 19.1 Å². The van der Waals surface area contributed by atoms with E-state index >= 15 is 0 Å². The second-order valence-corrected chi connectivity index (χ2v) is 2.58. The molecule has 0 spiro atoms. The minimum atomic E-state index is -0.824. The van der Waals surface area contributed by atoms with Crippen molar-refractivity contribution in [3.8, 4) is 0 Å². The Labute approximate surface area is 70.3 Å². The van der Waals surface area contributed by atoms with Gasteiger partial charge in [-0.1, -0.05) is 5.57 Å². The SMILES string of the molecule is C/C(=C\c1ccco1)CC(=O)O. The third-order valence-corrected chi connectivity index (χ3v) is 1.36. The van der Waals surface area contributed by atoms with Gasteiger partial charge in [-0.3, -0.25) is 4.79 Å². The van der Waals surface area contributed by atoms with Gasteiger partial charge in [-0.25, -0.2) is 0 Å². The van der Waals surface area contributed by atoms with E-state index in [0.29, 0.717) is 5.76 Å². The van der Waals surface area contributed by atoms with E-state index in [-0.39, 0.29) is 6.42 Å². The molecule has 0 aliphatic carbocycles. The van der Waals surface area contributed by atoms with Crippen LogP contribution in [0, 0.1) is 0 Å². The Bertz CT molecular complexity index is 283. The van der Waals surface area contributed by atoms with Crippen LogP contribution in [0.3, 0.4) is 0 Å². The van der Waals surface area contributed by atoms with Gasteiger partial charge in [0.1, 0.15) is 5.76 Å². The van der Waals surface area contributed by atoms with E-state index in [1.165, 1.54) is 0 Å². The van der Waals surface area contributed by atoms with Crippen LogP contribution in [0.5, 0.6) is 0 Å². The Morgan fingerprint density at radius 2 is 2.50 bits per heavy atom. The van der Waals surface area contributed by atoms with Crippen LogP contribution in [0.25, 0.3) is 6.08 Å². The highest BCUT2D eigenvalue weighted by molar-refractivity contribution is 5.71. The second-order valence-electron chi connectivity index (χ2n) is 2.58.